The summed E-state index contributed by atoms with van der Waals surface area (Å²) in [6.07, 6.45) is 0. The van der Waals surface area contributed by atoms with E-state index in [1.807, 2.05) is 18.2 Å². The molecule has 0 bridgehead atoms. The Hall–Kier alpha value is -4.00. The summed E-state index contributed by atoms with van der Waals surface area (Å²) in [5.41, 5.74) is 2.28. The molecule has 0 radical (unpaired) electrons. The van der Waals surface area contributed by atoms with E-state index in [1.54, 1.807) is 42.5 Å². The number of hydrogen-bond acceptors (Lipinski definition) is 4. The van der Waals surface area contributed by atoms with Gasteiger partial charge in [0.05, 0.1) is 4.92 Å². The predicted octanol–water partition coefficient (Wildman–Crippen LogP) is 3.93. The van der Waals surface area contributed by atoms with E-state index in [0.29, 0.717) is 23.4 Å². The number of nitrogens with zero attached hydrogens (tertiary/aromatic N) is 2. The molecular formula is C22H17N3O4. The van der Waals surface area contributed by atoms with Gasteiger partial charge < -0.3 is 10.2 Å². The number of benzene rings is 3. The summed E-state index contributed by atoms with van der Waals surface area (Å²) in [6.45, 7) is 0.316. The van der Waals surface area contributed by atoms with Crippen LogP contribution in [-0.2, 0) is 11.3 Å². The largest absolute Gasteiger partial charge is 0.324 e. The lowest BCUT2D eigenvalue weighted by Crippen LogP contribution is -2.37. The van der Waals surface area contributed by atoms with E-state index >= 15 is 0 Å². The number of nitro groups is 1. The van der Waals surface area contributed by atoms with Gasteiger partial charge in [0.1, 0.15) is 6.04 Å². The van der Waals surface area contributed by atoms with Crippen LogP contribution < -0.4 is 5.32 Å². The van der Waals surface area contributed by atoms with Gasteiger partial charge in [-0.15, -0.1) is 0 Å². The van der Waals surface area contributed by atoms with Crippen molar-refractivity contribution in [1.29, 1.82) is 0 Å². The molecule has 1 heterocycles. The van der Waals surface area contributed by atoms with Gasteiger partial charge in [-0.05, 0) is 23.3 Å². The molecule has 1 N–H and O–H groups in total. The minimum absolute atomic E-state index is 0.122. The van der Waals surface area contributed by atoms with Crippen molar-refractivity contribution < 1.29 is 14.5 Å². The highest BCUT2D eigenvalue weighted by molar-refractivity contribution is 6.04. The number of carbonyl (C=O) groups excluding carboxylic acids is 2. The van der Waals surface area contributed by atoms with Gasteiger partial charge in [0.25, 0.3) is 17.5 Å². The second-order valence-electron chi connectivity index (χ2n) is 6.70. The fraction of sp³-hybridized carbons (Fsp3) is 0.0909. The van der Waals surface area contributed by atoms with Crippen LogP contribution in [0.5, 0.6) is 0 Å². The average molecular weight is 387 g/mol. The lowest BCUT2D eigenvalue weighted by atomic mass is 10.0. The number of non-ortho nitro benzene ring substituents is 1. The first-order chi connectivity index (χ1) is 14.0. The molecule has 144 valence electrons. The molecule has 29 heavy (non-hydrogen) atoms. The highest BCUT2D eigenvalue weighted by atomic mass is 16.6. The van der Waals surface area contributed by atoms with Crippen LogP contribution in [0.3, 0.4) is 0 Å². The van der Waals surface area contributed by atoms with Crippen molar-refractivity contribution in [1.82, 2.24) is 4.90 Å². The molecule has 0 saturated heterocycles. The number of nitrogens with one attached hydrogen (secondary N) is 1. The van der Waals surface area contributed by atoms with E-state index in [2.05, 4.69) is 5.32 Å². The van der Waals surface area contributed by atoms with Crippen LogP contribution in [0.4, 0.5) is 11.4 Å². The molecule has 0 spiro atoms. The summed E-state index contributed by atoms with van der Waals surface area (Å²) in [7, 11) is 0. The Labute approximate surface area is 166 Å². The Morgan fingerprint density at radius 3 is 2.45 bits per heavy atom. The molecule has 3 aromatic carbocycles. The molecule has 3 aromatic rings. The summed E-state index contributed by atoms with van der Waals surface area (Å²) in [6, 6.07) is 21.1. The first-order valence-corrected chi connectivity index (χ1v) is 9.04. The third-order valence-corrected chi connectivity index (χ3v) is 4.85. The van der Waals surface area contributed by atoms with Crippen molar-refractivity contribution in [2.75, 3.05) is 5.32 Å². The van der Waals surface area contributed by atoms with E-state index in [0.717, 1.165) is 5.56 Å². The zero-order valence-electron chi connectivity index (χ0n) is 15.3. The van der Waals surface area contributed by atoms with Crippen molar-refractivity contribution in [2.45, 2.75) is 12.6 Å². The predicted molar refractivity (Wildman–Crippen MR) is 107 cm³/mol. The Morgan fingerprint density at radius 1 is 1.00 bits per heavy atom. The van der Waals surface area contributed by atoms with Crippen LogP contribution in [0, 0.1) is 10.1 Å². The zero-order valence-corrected chi connectivity index (χ0v) is 15.3. The number of anilines is 1. The monoisotopic (exact) mass is 387 g/mol. The van der Waals surface area contributed by atoms with Gasteiger partial charge in [-0.25, -0.2) is 0 Å². The number of carbonyl (C=O) groups is 2. The summed E-state index contributed by atoms with van der Waals surface area (Å²) in [4.78, 5) is 38.2. The Kier molecular flexibility index (Phi) is 4.78. The first kappa shape index (κ1) is 18.4. The van der Waals surface area contributed by atoms with Crippen LogP contribution in [0.15, 0.2) is 78.9 Å². The minimum atomic E-state index is -0.865. The molecule has 1 aliphatic heterocycles. The third kappa shape index (κ3) is 3.58. The molecule has 0 saturated carbocycles. The molecule has 1 unspecified atom stereocenters. The number of nitro benzene ring substituents is 1. The molecule has 0 aliphatic carbocycles. The van der Waals surface area contributed by atoms with Crippen molar-refractivity contribution in [3.8, 4) is 0 Å². The maximum absolute atomic E-state index is 13.2. The van der Waals surface area contributed by atoms with Gasteiger partial charge >= 0.3 is 0 Å². The van der Waals surface area contributed by atoms with Crippen LogP contribution >= 0.6 is 0 Å². The Balaban J connectivity index is 1.67. The van der Waals surface area contributed by atoms with Gasteiger partial charge in [-0.1, -0.05) is 54.6 Å². The quantitative estimate of drug-likeness (QED) is 0.530. The maximum atomic E-state index is 13.2. The normalized spacial score (nSPS) is 13.7. The van der Waals surface area contributed by atoms with E-state index in [9.17, 15) is 19.7 Å². The van der Waals surface area contributed by atoms with Crippen molar-refractivity contribution in [3.63, 3.8) is 0 Å². The lowest BCUT2D eigenvalue weighted by Gasteiger charge is -2.27. The maximum Gasteiger partial charge on any atom is 0.271 e. The average Bonchev–Trinajstić information content (AvgIpc) is 3.06. The second kappa shape index (κ2) is 7.55. The van der Waals surface area contributed by atoms with E-state index in [-0.39, 0.29) is 11.6 Å². The molecule has 1 atom stereocenters. The van der Waals surface area contributed by atoms with Gasteiger partial charge in [0.15, 0.2) is 0 Å². The van der Waals surface area contributed by atoms with E-state index in [1.165, 1.54) is 23.1 Å². The second-order valence-corrected chi connectivity index (χ2v) is 6.70. The fourth-order valence-corrected chi connectivity index (χ4v) is 3.50. The number of fused-ring (bicyclic) bond motifs is 1. The molecule has 0 aromatic heterocycles. The highest BCUT2D eigenvalue weighted by Crippen LogP contribution is 2.32. The summed E-state index contributed by atoms with van der Waals surface area (Å²) in [5.74, 6) is -0.651. The smallest absolute Gasteiger partial charge is 0.271 e. The van der Waals surface area contributed by atoms with Crippen LogP contribution in [0.2, 0.25) is 0 Å². The zero-order chi connectivity index (χ0) is 20.4. The number of amides is 2. The topological polar surface area (TPSA) is 92.5 Å². The van der Waals surface area contributed by atoms with E-state index < -0.39 is 16.9 Å². The molecule has 0 fully saturated rings. The fourth-order valence-electron chi connectivity index (χ4n) is 3.50. The minimum Gasteiger partial charge on any atom is -0.324 e. The molecule has 7 heteroatoms. The lowest BCUT2D eigenvalue weighted by molar-refractivity contribution is -0.384. The standard InChI is InChI=1S/C22H17N3O4/c26-21(23-17-10-6-11-18(13-17)25(28)29)20(15-7-2-1-3-8-15)24-14-16-9-4-5-12-19(16)22(24)27/h1-13,20H,14H2,(H,23,26). The number of rotatable bonds is 5. The Bertz CT molecular complexity index is 1100. The van der Waals surface area contributed by atoms with Crippen LogP contribution in [-0.4, -0.2) is 21.6 Å². The van der Waals surface area contributed by atoms with Gasteiger partial charge in [-0.3, -0.25) is 19.7 Å². The molecule has 7 nitrogen and oxygen atoms in total. The first-order valence-electron chi connectivity index (χ1n) is 9.04. The molecule has 4 rings (SSSR count). The third-order valence-electron chi connectivity index (χ3n) is 4.85. The van der Waals surface area contributed by atoms with Crippen molar-refractivity contribution in [3.05, 3.63) is 106 Å². The summed E-state index contributed by atoms with van der Waals surface area (Å²) < 4.78 is 0. The summed E-state index contributed by atoms with van der Waals surface area (Å²) >= 11 is 0. The van der Waals surface area contributed by atoms with Crippen LogP contribution in [0.1, 0.15) is 27.5 Å². The van der Waals surface area contributed by atoms with Gasteiger partial charge in [0, 0.05) is 29.9 Å². The van der Waals surface area contributed by atoms with Crippen molar-refractivity contribution >= 4 is 23.2 Å². The number of hydrogen-bond donors (Lipinski definition) is 1. The Morgan fingerprint density at radius 2 is 1.72 bits per heavy atom. The highest BCUT2D eigenvalue weighted by Gasteiger charge is 2.37. The SMILES string of the molecule is O=C(Nc1cccc([N+](=O)[O-])c1)C(c1ccccc1)N1Cc2ccccc2C1=O. The molecule has 2 amide bonds. The molecular weight excluding hydrogens is 370 g/mol. The van der Waals surface area contributed by atoms with Gasteiger partial charge in [0.2, 0.25) is 0 Å². The summed E-state index contributed by atoms with van der Waals surface area (Å²) in [5, 5.41) is 13.7. The molecule has 1 aliphatic rings. The van der Waals surface area contributed by atoms with Crippen LogP contribution in [0.25, 0.3) is 0 Å². The van der Waals surface area contributed by atoms with Crippen molar-refractivity contribution in [2.24, 2.45) is 0 Å². The van der Waals surface area contributed by atoms with E-state index in [4.69, 9.17) is 0 Å². The van der Waals surface area contributed by atoms with Gasteiger partial charge in [-0.2, -0.15) is 0 Å².